The molecule has 0 heterocycles. The summed E-state index contributed by atoms with van der Waals surface area (Å²) < 4.78 is 22.8. The molecule has 3 aromatic rings. The van der Waals surface area contributed by atoms with Gasteiger partial charge in [0.05, 0.1) is 0 Å². The fourth-order valence-corrected chi connectivity index (χ4v) is 3.83. The second kappa shape index (κ2) is 10.1. The van der Waals surface area contributed by atoms with Crippen LogP contribution in [-0.4, -0.2) is 10.7 Å². The van der Waals surface area contributed by atoms with Gasteiger partial charge in [-0.2, -0.15) is 0 Å². The molecular formula is C23H27N2O4P. The van der Waals surface area contributed by atoms with E-state index in [-0.39, 0.29) is 5.84 Å². The Kier molecular flexibility index (Phi) is 7.81. The zero-order valence-corrected chi connectivity index (χ0v) is 18.4. The van der Waals surface area contributed by atoms with E-state index in [9.17, 15) is 9.46 Å². The molecule has 7 heteroatoms. The average Bonchev–Trinajstić information content (AvgIpc) is 2.69. The molecule has 0 aliphatic heterocycles. The Balaban J connectivity index is 0.000000297. The van der Waals surface area contributed by atoms with Crippen LogP contribution in [0.2, 0.25) is 0 Å². The van der Waals surface area contributed by atoms with E-state index in [1.807, 2.05) is 94.4 Å². The predicted octanol–water partition coefficient (Wildman–Crippen LogP) is 5.45. The third kappa shape index (κ3) is 6.48. The summed E-state index contributed by atoms with van der Waals surface area (Å²) in [6, 6.07) is 20.2. The molecule has 0 bridgehead atoms. The van der Waals surface area contributed by atoms with E-state index < -0.39 is 7.82 Å². The van der Waals surface area contributed by atoms with Crippen molar-refractivity contribution in [3.8, 4) is 11.5 Å². The lowest BCUT2D eigenvalue weighted by Crippen LogP contribution is -2.10. The molecule has 30 heavy (non-hydrogen) atoms. The van der Waals surface area contributed by atoms with Crippen LogP contribution in [0.1, 0.15) is 27.8 Å². The molecule has 0 radical (unpaired) electrons. The first-order valence-corrected chi connectivity index (χ1v) is 10.8. The normalized spacial score (nSPS) is 10.6. The van der Waals surface area contributed by atoms with Crippen molar-refractivity contribution in [2.24, 2.45) is 5.73 Å². The summed E-state index contributed by atoms with van der Waals surface area (Å²) >= 11 is 0. The quantitative estimate of drug-likeness (QED) is 0.286. The first kappa shape index (κ1) is 23.2. The van der Waals surface area contributed by atoms with Crippen LogP contribution >= 0.6 is 7.82 Å². The Morgan fingerprint density at radius 1 is 0.767 bits per heavy atom. The SMILES string of the molecule is Cc1cccc(C)c1OP(=O)(O)Oc1c(C)cccc1C.N=C(N)c1ccccc1. The number of hydrogen-bond donors (Lipinski definition) is 3. The number of phosphoric acid groups is 1. The number of amidine groups is 1. The van der Waals surface area contributed by atoms with E-state index >= 15 is 0 Å². The van der Waals surface area contributed by atoms with Crippen molar-refractivity contribution in [2.45, 2.75) is 27.7 Å². The summed E-state index contributed by atoms with van der Waals surface area (Å²) in [5.41, 5.74) is 9.12. The molecular weight excluding hydrogens is 399 g/mol. The number of hydrogen-bond acceptors (Lipinski definition) is 4. The van der Waals surface area contributed by atoms with Crippen molar-refractivity contribution in [3.63, 3.8) is 0 Å². The largest absolute Gasteiger partial charge is 0.584 e. The number of para-hydroxylation sites is 2. The van der Waals surface area contributed by atoms with E-state index in [0.29, 0.717) is 11.5 Å². The second-order valence-electron chi connectivity index (χ2n) is 6.87. The Morgan fingerprint density at radius 2 is 1.13 bits per heavy atom. The topological polar surface area (TPSA) is 106 Å². The Bertz CT molecular complexity index is 970. The summed E-state index contributed by atoms with van der Waals surface area (Å²) in [4.78, 5) is 10.0. The van der Waals surface area contributed by atoms with Gasteiger partial charge in [-0.15, -0.1) is 0 Å². The van der Waals surface area contributed by atoms with Gasteiger partial charge in [0.15, 0.2) is 0 Å². The molecule has 0 atom stereocenters. The van der Waals surface area contributed by atoms with Gasteiger partial charge < -0.3 is 14.8 Å². The molecule has 0 aromatic heterocycles. The maximum absolute atomic E-state index is 12.3. The van der Waals surface area contributed by atoms with Crippen LogP contribution in [0.25, 0.3) is 0 Å². The second-order valence-corrected chi connectivity index (χ2v) is 8.17. The molecule has 0 saturated carbocycles. The van der Waals surface area contributed by atoms with Crippen LogP contribution in [0.15, 0.2) is 66.7 Å². The van der Waals surface area contributed by atoms with E-state index in [1.54, 1.807) is 0 Å². The van der Waals surface area contributed by atoms with Crippen LogP contribution in [0.3, 0.4) is 0 Å². The number of nitrogen functional groups attached to an aromatic ring is 1. The smallest absolute Gasteiger partial charge is 0.395 e. The fraction of sp³-hybridized carbons (Fsp3) is 0.174. The highest BCUT2D eigenvalue weighted by molar-refractivity contribution is 7.48. The molecule has 0 amide bonds. The van der Waals surface area contributed by atoms with E-state index in [2.05, 4.69) is 0 Å². The number of nitrogens with two attached hydrogens (primary N) is 1. The molecule has 0 unspecified atom stereocenters. The molecule has 0 saturated heterocycles. The van der Waals surface area contributed by atoms with Gasteiger partial charge in [-0.25, -0.2) is 4.57 Å². The molecule has 3 rings (SSSR count). The van der Waals surface area contributed by atoms with E-state index in [4.69, 9.17) is 20.2 Å². The van der Waals surface area contributed by atoms with E-state index in [1.165, 1.54) is 0 Å². The van der Waals surface area contributed by atoms with Crippen LogP contribution in [0, 0.1) is 33.1 Å². The van der Waals surface area contributed by atoms with Gasteiger partial charge in [0.2, 0.25) is 0 Å². The fourth-order valence-electron chi connectivity index (χ4n) is 2.75. The Morgan fingerprint density at radius 3 is 1.43 bits per heavy atom. The minimum absolute atomic E-state index is 0.121. The van der Waals surface area contributed by atoms with Gasteiger partial charge >= 0.3 is 7.82 Å². The molecule has 6 nitrogen and oxygen atoms in total. The van der Waals surface area contributed by atoms with Crippen molar-refractivity contribution in [2.75, 3.05) is 0 Å². The number of nitrogens with one attached hydrogen (secondary N) is 1. The van der Waals surface area contributed by atoms with Gasteiger partial charge in [-0.3, -0.25) is 10.3 Å². The van der Waals surface area contributed by atoms with Crippen LogP contribution in [0.4, 0.5) is 0 Å². The standard InChI is InChI=1S/C16H19O4P.C7H8N2/c1-11-7-5-8-12(2)15(11)19-21(17,18)20-16-13(3)9-6-10-14(16)4;8-7(9)6-4-2-1-3-5-6/h5-10H,1-4H3,(H,17,18);1-5H,(H3,8,9). The molecule has 158 valence electrons. The van der Waals surface area contributed by atoms with Crippen molar-refractivity contribution in [3.05, 3.63) is 94.5 Å². The minimum Gasteiger partial charge on any atom is -0.395 e. The molecule has 3 aromatic carbocycles. The minimum atomic E-state index is -4.24. The van der Waals surface area contributed by atoms with Gasteiger partial charge in [-0.05, 0) is 49.9 Å². The van der Waals surface area contributed by atoms with Gasteiger partial charge in [0.25, 0.3) is 0 Å². The molecule has 4 N–H and O–H groups in total. The first-order valence-electron chi connectivity index (χ1n) is 9.34. The van der Waals surface area contributed by atoms with Gasteiger partial charge in [0.1, 0.15) is 17.3 Å². The molecule has 0 aliphatic carbocycles. The molecule has 0 aliphatic rings. The third-order valence-corrected chi connectivity index (χ3v) is 5.14. The Hall–Kier alpha value is -3.08. The van der Waals surface area contributed by atoms with Crippen LogP contribution < -0.4 is 14.8 Å². The van der Waals surface area contributed by atoms with Crippen molar-refractivity contribution in [1.82, 2.24) is 0 Å². The monoisotopic (exact) mass is 426 g/mol. The zero-order chi connectivity index (χ0) is 22.3. The van der Waals surface area contributed by atoms with Crippen molar-refractivity contribution < 1.29 is 18.5 Å². The maximum atomic E-state index is 12.3. The van der Waals surface area contributed by atoms with Crippen molar-refractivity contribution in [1.29, 1.82) is 5.41 Å². The summed E-state index contributed by atoms with van der Waals surface area (Å²) in [7, 11) is -4.24. The van der Waals surface area contributed by atoms with Crippen LogP contribution in [-0.2, 0) is 4.57 Å². The van der Waals surface area contributed by atoms with Gasteiger partial charge in [-0.1, -0.05) is 66.7 Å². The van der Waals surface area contributed by atoms with Crippen molar-refractivity contribution >= 4 is 13.7 Å². The summed E-state index contributed by atoms with van der Waals surface area (Å²) in [6.45, 7) is 7.28. The summed E-state index contributed by atoms with van der Waals surface area (Å²) in [6.07, 6.45) is 0. The zero-order valence-electron chi connectivity index (χ0n) is 17.5. The number of aryl methyl sites for hydroxylation is 4. The average molecular weight is 426 g/mol. The molecule has 0 fully saturated rings. The number of benzene rings is 3. The molecule has 0 spiro atoms. The Labute approximate surface area is 177 Å². The number of rotatable bonds is 5. The summed E-state index contributed by atoms with van der Waals surface area (Å²) in [5, 5.41) is 7.01. The third-order valence-electron chi connectivity index (χ3n) is 4.32. The lowest BCUT2D eigenvalue weighted by atomic mass is 10.1. The predicted molar refractivity (Wildman–Crippen MR) is 120 cm³/mol. The first-order chi connectivity index (χ1) is 14.1. The summed E-state index contributed by atoms with van der Waals surface area (Å²) in [5.74, 6) is 0.889. The van der Waals surface area contributed by atoms with Crippen LogP contribution in [0.5, 0.6) is 11.5 Å². The highest BCUT2D eigenvalue weighted by Crippen LogP contribution is 2.47. The number of phosphoric ester groups is 1. The highest BCUT2D eigenvalue weighted by atomic mass is 31.2. The lowest BCUT2D eigenvalue weighted by molar-refractivity contribution is 0.288. The van der Waals surface area contributed by atoms with Gasteiger partial charge in [0, 0.05) is 5.56 Å². The maximum Gasteiger partial charge on any atom is 0.584 e. The highest BCUT2D eigenvalue weighted by Gasteiger charge is 2.28. The van der Waals surface area contributed by atoms with E-state index in [0.717, 1.165) is 27.8 Å². The lowest BCUT2D eigenvalue weighted by Gasteiger charge is -2.18.